The monoisotopic (exact) mass is 276 g/mol. The van der Waals surface area contributed by atoms with Gasteiger partial charge in [-0.05, 0) is 26.3 Å². The van der Waals surface area contributed by atoms with Gasteiger partial charge in [-0.2, -0.15) is 0 Å². The first kappa shape index (κ1) is 16.1. The summed E-state index contributed by atoms with van der Waals surface area (Å²) < 4.78 is 21.7. The Labute approximate surface area is 113 Å². The van der Waals surface area contributed by atoms with Crippen LogP contribution in [0.3, 0.4) is 0 Å². The molecule has 108 valence electrons. The van der Waals surface area contributed by atoms with Crippen LogP contribution >= 0.6 is 0 Å². The van der Waals surface area contributed by atoms with Crippen molar-refractivity contribution < 1.29 is 18.9 Å². The van der Waals surface area contributed by atoms with Crippen LogP contribution < -0.4 is 0 Å². The molecule has 0 N–H and O–H groups in total. The molecular weight excluding hydrogens is 248 g/mol. The maximum atomic E-state index is 5.53. The highest BCUT2D eigenvalue weighted by Gasteiger charge is 2.21. The van der Waals surface area contributed by atoms with Gasteiger partial charge in [0.15, 0.2) is 6.29 Å². The highest BCUT2D eigenvalue weighted by molar-refractivity contribution is 6.35. The van der Waals surface area contributed by atoms with Crippen molar-refractivity contribution in [2.45, 2.75) is 51.2 Å². The molecule has 0 radical (unpaired) electrons. The van der Waals surface area contributed by atoms with Gasteiger partial charge in [-0.25, -0.2) is 0 Å². The summed E-state index contributed by atoms with van der Waals surface area (Å²) in [5, 5.41) is 0. The second kappa shape index (κ2) is 10.9. The Morgan fingerprint density at radius 1 is 1.22 bits per heavy atom. The van der Waals surface area contributed by atoms with Crippen molar-refractivity contribution >= 4 is 9.52 Å². The number of hydrogen-bond donors (Lipinski definition) is 0. The van der Waals surface area contributed by atoms with Crippen LogP contribution in [0.2, 0.25) is 12.1 Å². The molecule has 0 spiro atoms. The molecule has 0 bridgehead atoms. The zero-order chi connectivity index (χ0) is 13.1. The minimum Gasteiger partial charge on any atom is -0.379 e. The Bertz CT molecular complexity index is 182. The average molecular weight is 276 g/mol. The molecule has 0 aromatic rings. The van der Waals surface area contributed by atoms with Gasteiger partial charge in [0.2, 0.25) is 0 Å². The summed E-state index contributed by atoms with van der Waals surface area (Å²) in [6, 6.07) is 2.50. The Balaban J connectivity index is 1.80. The molecule has 0 aliphatic carbocycles. The second-order valence-corrected chi connectivity index (χ2v) is 6.56. The van der Waals surface area contributed by atoms with Crippen molar-refractivity contribution in [3.8, 4) is 0 Å². The van der Waals surface area contributed by atoms with E-state index in [4.69, 9.17) is 18.9 Å². The van der Waals surface area contributed by atoms with Crippen LogP contribution in [0.1, 0.15) is 26.7 Å². The molecule has 1 fully saturated rings. The smallest absolute Gasteiger partial charge is 0.154 e. The number of rotatable bonds is 13. The topological polar surface area (TPSA) is 40.2 Å². The van der Waals surface area contributed by atoms with E-state index in [2.05, 4.69) is 0 Å². The third-order valence-electron chi connectivity index (χ3n) is 2.89. The van der Waals surface area contributed by atoms with Crippen LogP contribution in [0.15, 0.2) is 0 Å². The number of epoxide rings is 1. The Morgan fingerprint density at radius 2 is 1.94 bits per heavy atom. The maximum Gasteiger partial charge on any atom is 0.154 e. The van der Waals surface area contributed by atoms with Crippen molar-refractivity contribution in [1.82, 2.24) is 0 Å². The third kappa shape index (κ3) is 9.05. The minimum atomic E-state index is -0.0446. The van der Waals surface area contributed by atoms with E-state index in [-0.39, 0.29) is 15.8 Å². The molecule has 1 atom stereocenters. The van der Waals surface area contributed by atoms with Crippen LogP contribution in [-0.2, 0) is 18.9 Å². The van der Waals surface area contributed by atoms with Crippen molar-refractivity contribution in [3.05, 3.63) is 0 Å². The van der Waals surface area contributed by atoms with E-state index in [1.807, 2.05) is 13.8 Å². The van der Waals surface area contributed by atoms with Crippen molar-refractivity contribution in [3.63, 3.8) is 0 Å². The molecule has 0 aromatic carbocycles. The number of ether oxygens (including phenoxy) is 4. The summed E-state index contributed by atoms with van der Waals surface area (Å²) in [5.41, 5.74) is 0. The highest BCUT2D eigenvalue weighted by atomic mass is 28.2. The summed E-state index contributed by atoms with van der Waals surface area (Å²) in [5.74, 6) is 0. The van der Waals surface area contributed by atoms with Crippen LogP contribution in [-0.4, -0.2) is 54.9 Å². The van der Waals surface area contributed by atoms with Gasteiger partial charge in [-0.15, -0.1) is 0 Å². The van der Waals surface area contributed by atoms with Crippen LogP contribution in [0, 0.1) is 0 Å². The Morgan fingerprint density at radius 3 is 2.56 bits per heavy atom. The summed E-state index contributed by atoms with van der Waals surface area (Å²) >= 11 is 0. The van der Waals surface area contributed by atoms with E-state index in [0.29, 0.717) is 6.10 Å². The van der Waals surface area contributed by atoms with Crippen LogP contribution in [0.25, 0.3) is 0 Å². The molecule has 5 heteroatoms. The number of hydrogen-bond acceptors (Lipinski definition) is 4. The van der Waals surface area contributed by atoms with Gasteiger partial charge in [0.1, 0.15) is 6.10 Å². The van der Waals surface area contributed by atoms with Gasteiger partial charge in [-0.1, -0.05) is 12.5 Å². The molecule has 1 heterocycles. The first-order chi connectivity index (χ1) is 8.86. The molecule has 1 aliphatic heterocycles. The Kier molecular flexibility index (Phi) is 9.79. The quantitative estimate of drug-likeness (QED) is 0.222. The normalized spacial score (nSPS) is 19.2. The van der Waals surface area contributed by atoms with E-state index in [1.165, 1.54) is 18.9 Å². The zero-order valence-corrected chi connectivity index (χ0v) is 13.3. The van der Waals surface area contributed by atoms with E-state index < -0.39 is 0 Å². The lowest BCUT2D eigenvalue weighted by Crippen LogP contribution is -2.19. The molecule has 0 amide bonds. The zero-order valence-electron chi connectivity index (χ0n) is 11.9. The van der Waals surface area contributed by atoms with Gasteiger partial charge in [0.05, 0.1) is 13.2 Å². The summed E-state index contributed by atoms with van der Waals surface area (Å²) in [4.78, 5) is 0. The van der Waals surface area contributed by atoms with Crippen LogP contribution in [0.4, 0.5) is 0 Å². The SMILES string of the molecule is CCOC(C[SiH2]CCCCOCC1CO1)OCC. The molecule has 1 rings (SSSR count). The standard InChI is InChI=1S/C13H28O4Si/c1-3-15-13(16-4-2)11-18-8-6-5-7-14-9-12-10-17-12/h12-13H,3-11,18H2,1-2H3. The molecule has 0 aromatic heterocycles. The minimum absolute atomic E-state index is 0.0446. The van der Waals surface area contributed by atoms with Gasteiger partial charge >= 0.3 is 0 Å². The van der Waals surface area contributed by atoms with Crippen molar-refractivity contribution in [2.75, 3.05) is 33.0 Å². The van der Waals surface area contributed by atoms with Gasteiger partial charge in [-0.3, -0.25) is 0 Å². The summed E-state index contributed by atoms with van der Waals surface area (Å²) in [6.45, 7) is 8.10. The lowest BCUT2D eigenvalue weighted by Gasteiger charge is -2.16. The highest BCUT2D eigenvalue weighted by Crippen LogP contribution is 2.09. The third-order valence-corrected chi connectivity index (χ3v) is 4.77. The van der Waals surface area contributed by atoms with Crippen molar-refractivity contribution in [2.24, 2.45) is 0 Å². The van der Waals surface area contributed by atoms with E-state index in [0.717, 1.165) is 39.1 Å². The van der Waals surface area contributed by atoms with Gasteiger partial charge < -0.3 is 18.9 Å². The molecule has 1 aliphatic rings. The van der Waals surface area contributed by atoms with Gasteiger partial charge in [0.25, 0.3) is 0 Å². The predicted octanol–water partition coefficient (Wildman–Crippen LogP) is 1.59. The fourth-order valence-corrected chi connectivity index (χ4v) is 3.50. The van der Waals surface area contributed by atoms with E-state index >= 15 is 0 Å². The lowest BCUT2D eigenvalue weighted by molar-refractivity contribution is -0.123. The predicted molar refractivity (Wildman–Crippen MR) is 75.0 cm³/mol. The molecule has 0 saturated carbocycles. The van der Waals surface area contributed by atoms with Crippen molar-refractivity contribution in [1.29, 1.82) is 0 Å². The fraction of sp³-hybridized carbons (Fsp3) is 1.00. The van der Waals surface area contributed by atoms with Crippen LogP contribution in [0.5, 0.6) is 0 Å². The molecule has 18 heavy (non-hydrogen) atoms. The van der Waals surface area contributed by atoms with E-state index in [9.17, 15) is 0 Å². The first-order valence-electron chi connectivity index (χ1n) is 7.29. The summed E-state index contributed by atoms with van der Waals surface area (Å²) in [6.07, 6.45) is 2.91. The molecule has 1 unspecified atom stereocenters. The second-order valence-electron chi connectivity index (χ2n) is 4.57. The van der Waals surface area contributed by atoms with E-state index in [1.54, 1.807) is 0 Å². The number of unbranched alkanes of at least 4 members (excludes halogenated alkanes) is 1. The fourth-order valence-electron chi connectivity index (χ4n) is 1.83. The molecule has 4 nitrogen and oxygen atoms in total. The maximum absolute atomic E-state index is 5.53. The first-order valence-corrected chi connectivity index (χ1v) is 9.29. The average Bonchev–Trinajstić information content (AvgIpc) is 3.17. The molecule has 1 saturated heterocycles. The summed E-state index contributed by atoms with van der Waals surface area (Å²) in [7, 11) is -0.0446. The molecular formula is C13H28O4Si. The van der Waals surface area contributed by atoms with Gasteiger partial charge in [0, 0.05) is 29.3 Å². The largest absolute Gasteiger partial charge is 0.379 e. The lowest BCUT2D eigenvalue weighted by atomic mass is 10.3. The Hall–Kier alpha value is 0.0569.